The number of nitrogens with zero attached hydrogens (tertiary/aromatic N) is 1. The standard InChI is InChI=1S/C19H22N4/c1-20-19(23-13-15-7-3-2-4-8-15)21-12-11-16-14-22-18-10-6-5-9-17(16)18/h2-10,14,22H,11-13H2,1H3,(H2,20,21,23). The molecule has 0 aliphatic heterocycles. The monoisotopic (exact) mass is 306 g/mol. The van der Waals surface area contributed by atoms with Crippen LogP contribution in [0.1, 0.15) is 11.1 Å². The number of guanidine groups is 1. The van der Waals surface area contributed by atoms with Crippen molar-refractivity contribution in [1.29, 1.82) is 0 Å². The Morgan fingerprint density at radius 2 is 1.78 bits per heavy atom. The highest BCUT2D eigenvalue weighted by molar-refractivity contribution is 5.83. The summed E-state index contributed by atoms with van der Waals surface area (Å²) in [6.45, 7) is 1.61. The summed E-state index contributed by atoms with van der Waals surface area (Å²) < 4.78 is 0. The van der Waals surface area contributed by atoms with Crippen LogP contribution in [0.3, 0.4) is 0 Å². The van der Waals surface area contributed by atoms with Crippen LogP contribution in [0.15, 0.2) is 65.8 Å². The number of hydrogen-bond acceptors (Lipinski definition) is 1. The zero-order valence-electron chi connectivity index (χ0n) is 13.3. The molecule has 0 unspecified atom stereocenters. The summed E-state index contributed by atoms with van der Waals surface area (Å²) in [7, 11) is 1.80. The normalized spacial score (nSPS) is 11.6. The Morgan fingerprint density at radius 1 is 1.00 bits per heavy atom. The van der Waals surface area contributed by atoms with Crippen LogP contribution in [0.4, 0.5) is 0 Å². The highest BCUT2D eigenvalue weighted by Gasteiger charge is 2.03. The van der Waals surface area contributed by atoms with Crippen LogP contribution in [0.25, 0.3) is 10.9 Å². The first-order chi connectivity index (χ1) is 11.4. The minimum Gasteiger partial charge on any atom is -0.361 e. The fourth-order valence-electron chi connectivity index (χ4n) is 2.66. The molecule has 0 saturated carbocycles. The molecule has 0 amide bonds. The fraction of sp³-hybridized carbons (Fsp3) is 0.211. The van der Waals surface area contributed by atoms with Gasteiger partial charge in [0, 0.05) is 37.2 Å². The number of hydrogen-bond donors (Lipinski definition) is 3. The summed E-state index contributed by atoms with van der Waals surface area (Å²) in [6, 6.07) is 18.7. The Labute approximate surface area is 136 Å². The molecule has 0 bridgehead atoms. The average Bonchev–Trinajstić information content (AvgIpc) is 3.02. The zero-order valence-corrected chi connectivity index (χ0v) is 13.3. The van der Waals surface area contributed by atoms with Crippen molar-refractivity contribution in [2.75, 3.05) is 13.6 Å². The Hall–Kier alpha value is -2.75. The lowest BCUT2D eigenvalue weighted by molar-refractivity contribution is 0.796. The highest BCUT2D eigenvalue weighted by Crippen LogP contribution is 2.17. The maximum Gasteiger partial charge on any atom is 0.191 e. The minimum atomic E-state index is 0.771. The van der Waals surface area contributed by atoms with Crippen molar-refractivity contribution < 1.29 is 0 Å². The van der Waals surface area contributed by atoms with E-state index in [-0.39, 0.29) is 0 Å². The maximum absolute atomic E-state index is 4.27. The number of aliphatic imine (C=N–C) groups is 1. The highest BCUT2D eigenvalue weighted by atomic mass is 15.2. The number of benzene rings is 2. The van der Waals surface area contributed by atoms with E-state index in [1.165, 1.54) is 22.0 Å². The molecule has 0 fully saturated rings. The summed E-state index contributed by atoms with van der Waals surface area (Å²) in [4.78, 5) is 7.58. The van der Waals surface area contributed by atoms with E-state index >= 15 is 0 Å². The quantitative estimate of drug-likeness (QED) is 0.501. The Kier molecular flexibility index (Phi) is 4.94. The second-order valence-electron chi connectivity index (χ2n) is 5.45. The van der Waals surface area contributed by atoms with Gasteiger partial charge in [-0.15, -0.1) is 0 Å². The van der Waals surface area contributed by atoms with Gasteiger partial charge in [0.15, 0.2) is 5.96 Å². The average molecular weight is 306 g/mol. The van der Waals surface area contributed by atoms with Gasteiger partial charge in [-0.1, -0.05) is 48.5 Å². The van der Waals surface area contributed by atoms with Crippen molar-refractivity contribution in [2.45, 2.75) is 13.0 Å². The summed E-state index contributed by atoms with van der Waals surface area (Å²) in [6.07, 6.45) is 3.04. The van der Waals surface area contributed by atoms with Gasteiger partial charge in [-0.3, -0.25) is 4.99 Å². The molecule has 2 aromatic carbocycles. The lowest BCUT2D eigenvalue weighted by Gasteiger charge is -2.11. The van der Waals surface area contributed by atoms with Crippen molar-refractivity contribution in [1.82, 2.24) is 15.6 Å². The predicted octanol–water partition coefficient (Wildman–Crippen LogP) is 3.08. The minimum absolute atomic E-state index is 0.771. The van der Waals surface area contributed by atoms with Gasteiger partial charge in [0.25, 0.3) is 0 Å². The summed E-state index contributed by atoms with van der Waals surface area (Å²) in [5.74, 6) is 0.827. The third kappa shape index (κ3) is 3.92. The first kappa shape index (κ1) is 15.2. The van der Waals surface area contributed by atoms with Gasteiger partial charge in [-0.25, -0.2) is 0 Å². The van der Waals surface area contributed by atoms with Crippen molar-refractivity contribution in [2.24, 2.45) is 4.99 Å². The van der Waals surface area contributed by atoms with Gasteiger partial charge >= 0.3 is 0 Å². The van der Waals surface area contributed by atoms with Crippen molar-refractivity contribution in [3.63, 3.8) is 0 Å². The van der Waals surface area contributed by atoms with Gasteiger partial charge in [-0.2, -0.15) is 0 Å². The molecule has 4 nitrogen and oxygen atoms in total. The number of fused-ring (bicyclic) bond motifs is 1. The third-order valence-electron chi connectivity index (χ3n) is 3.89. The number of H-pyrrole nitrogens is 1. The lowest BCUT2D eigenvalue weighted by Crippen LogP contribution is -2.37. The summed E-state index contributed by atoms with van der Waals surface area (Å²) in [5.41, 5.74) is 3.76. The summed E-state index contributed by atoms with van der Waals surface area (Å²) in [5, 5.41) is 7.99. The molecule has 4 heteroatoms. The predicted molar refractivity (Wildman–Crippen MR) is 96.6 cm³/mol. The topological polar surface area (TPSA) is 52.2 Å². The zero-order chi connectivity index (χ0) is 15.9. The number of nitrogens with one attached hydrogen (secondary N) is 3. The van der Waals surface area contributed by atoms with Crippen molar-refractivity contribution in [3.05, 3.63) is 71.9 Å². The third-order valence-corrected chi connectivity index (χ3v) is 3.89. The van der Waals surface area contributed by atoms with E-state index in [0.717, 1.165) is 25.5 Å². The number of para-hydroxylation sites is 1. The van der Waals surface area contributed by atoms with E-state index in [9.17, 15) is 0 Å². The number of aromatic nitrogens is 1. The Balaban J connectivity index is 1.50. The smallest absolute Gasteiger partial charge is 0.191 e. The van der Waals surface area contributed by atoms with Crippen LogP contribution in [-0.2, 0) is 13.0 Å². The molecule has 118 valence electrons. The van der Waals surface area contributed by atoms with Crippen LogP contribution in [0, 0.1) is 0 Å². The molecule has 0 spiro atoms. The van der Waals surface area contributed by atoms with Crippen molar-refractivity contribution >= 4 is 16.9 Å². The van der Waals surface area contributed by atoms with Crippen LogP contribution in [0.5, 0.6) is 0 Å². The summed E-state index contributed by atoms with van der Waals surface area (Å²) >= 11 is 0. The SMILES string of the molecule is CN=C(NCCc1c[nH]c2ccccc12)NCc1ccccc1. The molecule has 0 aliphatic rings. The molecule has 1 aromatic heterocycles. The van der Waals surface area contributed by atoms with E-state index in [4.69, 9.17) is 0 Å². The largest absolute Gasteiger partial charge is 0.361 e. The first-order valence-corrected chi connectivity index (χ1v) is 7.90. The van der Waals surface area contributed by atoms with Crippen LogP contribution >= 0.6 is 0 Å². The molecule has 3 rings (SSSR count). The molecule has 1 heterocycles. The van der Waals surface area contributed by atoms with Gasteiger partial charge in [0.05, 0.1) is 0 Å². The van der Waals surface area contributed by atoms with Gasteiger partial charge in [0.2, 0.25) is 0 Å². The first-order valence-electron chi connectivity index (χ1n) is 7.90. The molecule has 3 aromatic rings. The molecule has 0 atom stereocenters. The molecular weight excluding hydrogens is 284 g/mol. The lowest BCUT2D eigenvalue weighted by atomic mass is 10.1. The van der Waals surface area contributed by atoms with Crippen LogP contribution in [-0.4, -0.2) is 24.5 Å². The van der Waals surface area contributed by atoms with Crippen LogP contribution in [0.2, 0.25) is 0 Å². The molecule has 0 aliphatic carbocycles. The Bertz CT molecular complexity index is 774. The van der Waals surface area contributed by atoms with Crippen molar-refractivity contribution in [3.8, 4) is 0 Å². The van der Waals surface area contributed by atoms with Gasteiger partial charge in [0.1, 0.15) is 0 Å². The van der Waals surface area contributed by atoms with Gasteiger partial charge < -0.3 is 15.6 Å². The van der Waals surface area contributed by atoms with E-state index in [1.807, 2.05) is 18.2 Å². The molecule has 23 heavy (non-hydrogen) atoms. The molecule has 0 radical (unpaired) electrons. The van der Waals surface area contributed by atoms with Gasteiger partial charge in [-0.05, 0) is 23.6 Å². The second-order valence-corrected chi connectivity index (χ2v) is 5.45. The number of rotatable bonds is 5. The molecule has 0 saturated heterocycles. The molecular formula is C19H22N4. The van der Waals surface area contributed by atoms with E-state index < -0.39 is 0 Å². The maximum atomic E-state index is 4.27. The van der Waals surface area contributed by atoms with E-state index in [2.05, 4.69) is 63.2 Å². The number of aromatic amines is 1. The van der Waals surface area contributed by atoms with Crippen LogP contribution < -0.4 is 10.6 Å². The van der Waals surface area contributed by atoms with E-state index in [1.54, 1.807) is 7.05 Å². The molecule has 3 N–H and O–H groups in total. The second kappa shape index (κ2) is 7.49. The Morgan fingerprint density at radius 3 is 2.61 bits per heavy atom. The van der Waals surface area contributed by atoms with E-state index in [0.29, 0.717) is 0 Å². The fourth-order valence-corrected chi connectivity index (χ4v) is 2.66.